The van der Waals surface area contributed by atoms with E-state index >= 15 is 0 Å². The van der Waals surface area contributed by atoms with Crippen LogP contribution in [-0.2, 0) is 6.42 Å². The molecule has 4 heteroatoms. The van der Waals surface area contributed by atoms with Gasteiger partial charge in [-0.15, -0.1) is 0 Å². The molecule has 1 N–H and O–H groups in total. The Morgan fingerprint density at radius 1 is 1.12 bits per heavy atom. The van der Waals surface area contributed by atoms with Crippen molar-refractivity contribution >= 4 is 5.91 Å². The quantitative estimate of drug-likeness (QED) is 0.759. The fourth-order valence-corrected chi connectivity index (χ4v) is 2.86. The second-order valence-electron chi connectivity index (χ2n) is 6.18. The van der Waals surface area contributed by atoms with Gasteiger partial charge in [0.2, 0.25) is 0 Å². The van der Waals surface area contributed by atoms with Gasteiger partial charge < -0.3 is 5.32 Å². The third-order valence-corrected chi connectivity index (χ3v) is 4.49. The molecule has 25 heavy (non-hydrogen) atoms. The molecule has 0 aliphatic carbocycles. The van der Waals surface area contributed by atoms with E-state index in [1.807, 2.05) is 44.2 Å². The standard InChI is InChI=1S/C21H23N3O/c1-4-17-10-12-18(13-11-17)15(2)23-21(25)20-14-22-24(16(20)3)19-8-6-5-7-9-19/h5-15H,4H2,1-3H3,(H,23,25). The summed E-state index contributed by atoms with van der Waals surface area (Å²) in [5.74, 6) is -0.105. The Kier molecular flexibility index (Phi) is 4.98. The molecule has 128 valence electrons. The number of amides is 1. The van der Waals surface area contributed by atoms with Crippen molar-refractivity contribution in [1.82, 2.24) is 15.1 Å². The molecule has 3 rings (SSSR count). The van der Waals surface area contributed by atoms with Gasteiger partial charge in [-0.05, 0) is 43.5 Å². The van der Waals surface area contributed by atoms with Gasteiger partial charge in [-0.25, -0.2) is 4.68 Å². The molecule has 3 aromatic rings. The van der Waals surface area contributed by atoms with Gasteiger partial charge in [0.25, 0.3) is 5.91 Å². The molecule has 1 atom stereocenters. The molecule has 0 fully saturated rings. The van der Waals surface area contributed by atoms with Gasteiger partial charge in [-0.3, -0.25) is 4.79 Å². The maximum atomic E-state index is 12.7. The lowest BCUT2D eigenvalue weighted by atomic mass is 10.0. The Morgan fingerprint density at radius 2 is 1.80 bits per heavy atom. The van der Waals surface area contributed by atoms with Gasteiger partial charge in [0, 0.05) is 0 Å². The normalized spacial score (nSPS) is 12.0. The van der Waals surface area contributed by atoms with E-state index in [4.69, 9.17) is 0 Å². The van der Waals surface area contributed by atoms with Crippen LogP contribution in [0.25, 0.3) is 5.69 Å². The summed E-state index contributed by atoms with van der Waals surface area (Å²) in [7, 11) is 0. The molecule has 0 saturated carbocycles. The number of rotatable bonds is 5. The van der Waals surface area contributed by atoms with Crippen LogP contribution < -0.4 is 5.32 Å². The minimum absolute atomic E-state index is 0.0575. The van der Waals surface area contributed by atoms with E-state index < -0.39 is 0 Å². The highest BCUT2D eigenvalue weighted by molar-refractivity contribution is 5.95. The average molecular weight is 333 g/mol. The Labute approximate surface area is 148 Å². The van der Waals surface area contributed by atoms with Crippen LogP contribution in [0.3, 0.4) is 0 Å². The summed E-state index contributed by atoms with van der Waals surface area (Å²) in [4.78, 5) is 12.7. The van der Waals surface area contributed by atoms with Crippen LogP contribution in [0.4, 0.5) is 0 Å². The van der Waals surface area contributed by atoms with Crippen molar-refractivity contribution < 1.29 is 4.79 Å². The number of benzene rings is 2. The molecule has 1 heterocycles. The molecular formula is C21H23N3O. The zero-order valence-electron chi connectivity index (χ0n) is 14.9. The second-order valence-corrected chi connectivity index (χ2v) is 6.18. The molecule has 1 amide bonds. The van der Waals surface area contributed by atoms with Crippen molar-refractivity contribution in [3.05, 3.63) is 83.2 Å². The Bertz CT molecular complexity index is 851. The zero-order valence-corrected chi connectivity index (χ0v) is 14.9. The fraction of sp³-hybridized carbons (Fsp3) is 0.238. The number of carbonyl (C=O) groups excluding carboxylic acids is 1. The summed E-state index contributed by atoms with van der Waals surface area (Å²) in [5.41, 5.74) is 4.77. The molecule has 1 aromatic heterocycles. The molecule has 1 unspecified atom stereocenters. The fourth-order valence-electron chi connectivity index (χ4n) is 2.86. The maximum absolute atomic E-state index is 12.7. The number of hydrogen-bond acceptors (Lipinski definition) is 2. The van der Waals surface area contributed by atoms with Crippen LogP contribution in [0.1, 0.15) is 47.1 Å². The molecule has 0 bridgehead atoms. The van der Waals surface area contributed by atoms with Crippen LogP contribution in [0.15, 0.2) is 60.8 Å². The topological polar surface area (TPSA) is 46.9 Å². The number of para-hydroxylation sites is 1. The number of nitrogens with one attached hydrogen (secondary N) is 1. The van der Waals surface area contributed by atoms with Gasteiger partial charge in [-0.1, -0.05) is 49.4 Å². The molecule has 0 aliphatic rings. The van der Waals surface area contributed by atoms with Crippen molar-refractivity contribution in [3.63, 3.8) is 0 Å². The van der Waals surface area contributed by atoms with Crippen molar-refractivity contribution in [1.29, 1.82) is 0 Å². The maximum Gasteiger partial charge on any atom is 0.255 e. The van der Waals surface area contributed by atoms with Gasteiger partial charge in [0.05, 0.1) is 29.2 Å². The highest BCUT2D eigenvalue weighted by Crippen LogP contribution is 2.17. The molecular weight excluding hydrogens is 310 g/mol. The van der Waals surface area contributed by atoms with Crippen molar-refractivity contribution in [2.75, 3.05) is 0 Å². The monoisotopic (exact) mass is 333 g/mol. The van der Waals surface area contributed by atoms with E-state index in [-0.39, 0.29) is 11.9 Å². The third-order valence-electron chi connectivity index (χ3n) is 4.49. The van der Waals surface area contributed by atoms with Crippen molar-refractivity contribution in [2.45, 2.75) is 33.2 Å². The van der Waals surface area contributed by atoms with Crippen LogP contribution in [-0.4, -0.2) is 15.7 Å². The van der Waals surface area contributed by atoms with Crippen LogP contribution in [0.5, 0.6) is 0 Å². The summed E-state index contributed by atoms with van der Waals surface area (Å²) < 4.78 is 1.79. The highest BCUT2D eigenvalue weighted by atomic mass is 16.1. The lowest BCUT2D eigenvalue weighted by Gasteiger charge is -2.15. The number of aryl methyl sites for hydroxylation is 1. The minimum atomic E-state index is -0.105. The van der Waals surface area contributed by atoms with Crippen LogP contribution in [0, 0.1) is 6.92 Å². The summed E-state index contributed by atoms with van der Waals surface area (Å²) in [6.07, 6.45) is 2.64. The van der Waals surface area contributed by atoms with Crippen molar-refractivity contribution in [3.8, 4) is 5.69 Å². The predicted molar refractivity (Wildman–Crippen MR) is 100 cm³/mol. The number of carbonyl (C=O) groups is 1. The first-order valence-electron chi connectivity index (χ1n) is 8.60. The smallest absolute Gasteiger partial charge is 0.255 e. The van der Waals surface area contributed by atoms with Crippen LogP contribution in [0.2, 0.25) is 0 Å². The number of aromatic nitrogens is 2. The summed E-state index contributed by atoms with van der Waals surface area (Å²) in [6.45, 7) is 6.04. The Hall–Kier alpha value is -2.88. The Morgan fingerprint density at radius 3 is 2.44 bits per heavy atom. The van der Waals surface area contributed by atoms with E-state index in [0.717, 1.165) is 23.4 Å². The highest BCUT2D eigenvalue weighted by Gasteiger charge is 2.17. The molecule has 0 aliphatic heterocycles. The number of nitrogens with zero attached hydrogens (tertiary/aromatic N) is 2. The lowest BCUT2D eigenvalue weighted by Crippen LogP contribution is -2.27. The van der Waals surface area contributed by atoms with E-state index in [2.05, 4.69) is 41.6 Å². The van der Waals surface area contributed by atoms with Gasteiger partial charge in [-0.2, -0.15) is 5.10 Å². The summed E-state index contributed by atoms with van der Waals surface area (Å²) in [6, 6.07) is 18.1. The summed E-state index contributed by atoms with van der Waals surface area (Å²) in [5, 5.41) is 7.43. The molecule has 0 saturated heterocycles. The van der Waals surface area contributed by atoms with E-state index in [0.29, 0.717) is 5.56 Å². The third kappa shape index (κ3) is 3.63. The molecule has 0 radical (unpaired) electrons. The van der Waals surface area contributed by atoms with Crippen LogP contribution >= 0.6 is 0 Å². The average Bonchev–Trinajstić information content (AvgIpc) is 3.04. The SMILES string of the molecule is CCc1ccc(C(C)NC(=O)c2cnn(-c3ccccc3)c2C)cc1. The largest absolute Gasteiger partial charge is 0.345 e. The van der Waals surface area contributed by atoms with Crippen molar-refractivity contribution in [2.24, 2.45) is 0 Å². The molecule has 2 aromatic carbocycles. The minimum Gasteiger partial charge on any atom is -0.345 e. The zero-order chi connectivity index (χ0) is 17.8. The van der Waals surface area contributed by atoms with Gasteiger partial charge in [0.1, 0.15) is 0 Å². The molecule has 4 nitrogen and oxygen atoms in total. The van der Waals surface area contributed by atoms with E-state index in [1.54, 1.807) is 10.9 Å². The van der Waals surface area contributed by atoms with Gasteiger partial charge >= 0.3 is 0 Å². The van der Waals surface area contributed by atoms with E-state index in [9.17, 15) is 4.79 Å². The van der Waals surface area contributed by atoms with Gasteiger partial charge in [0.15, 0.2) is 0 Å². The lowest BCUT2D eigenvalue weighted by molar-refractivity contribution is 0.0939. The Balaban J connectivity index is 1.76. The first kappa shape index (κ1) is 17.0. The second kappa shape index (κ2) is 7.34. The summed E-state index contributed by atoms with van der Waals surface area (Å²) >= 11 is 0. The first-order valence-corrected chi connectivity index (χ1v) is 8.60. The first-order chi connectivity index (χ1) is 12.1. The predicted octanol–water partition coefficient (Wildman–Crippen LogP) is 4.23. The van der Waals surface area contributed by atoms with E-state index in [1.165, 1.54) is 5.56 Å². The number of hydrogen-bond donors (Lipinski definition) is 1. The molecule has 0 spiro atoms.